The molecule has 27 heavy (non-hydrogen) atoms. The highest BCUT2D eigenvalue weighted by atomic mass is 16.5. The molecule has 0 aliphatic carbocycles. The van der Waals surface area contributed by atoms with Gasteiger partial charge in [0.1, 0.15) is 0 Å². The molecule has 3 rings (SSSR count). The van der Waals surface area contributed by atoms with Gasteiger partial charge in [-0.15, -0.1) is 0 Å². The lowest BCUT2D eigenvalue weighted by molar-refractivity contribution is 0.239. The maximum absolute atomic E-state index is 10.3. The zero-order chi connectivity index (χ0) is 20.0. The maximum atomic E-state index is 10.3. The van der Waals surface area contributed by atoms with Gasteiger partial charge in [-0.25, -0.2) is 0 Å². The van der Waals surface area contributed by atoms with Crippen molar-refractivity contribution in [2.75, 3.05) is 42.2 Å². The molecule has 7 heteroatoms. The second-order valence-corrected chi connectivity index (χ2v) is 5.97. The van der Waals surface area contributed by atoms with E-state index >= 15 is 0 Å². The second kappa shape index (κ2) is 9.23. The average molecular weight is 378 g/mol. The fourth-order valence-electron chi connectivity index (χ4n) is 3.09. The van der Waals surface area contributed by atoms with Crippen molar-refractivity contribution in [1.82, 2.24) is 0 Å². The zero-order valence-electron chi connectivity index (χ0n) is 16.2. The SMILES string of the molecule is COC.COc1ccc(C2COc3c(ccc(O)c3OC)C2)c(OC)c1O. The van der Waals surface area contributed by atoms with Crippen LogP contribution in [0.15, 0.2) is 24.3 Å². The minimum atomic E-state index is -0.0217. The van der Waals surface area contributed by atoms with Crippen LogP contribution in [0.1, 0.15) is 17.0 Å². The lowest BCUT2D eigenvalue weighted by Gasteiger charge is -2.28. The molecule has 148 valence electrons. The molecule has 1 heterocycles. The molecule has 1 aliphatic rings. The Labute approximate surface area is 159 Å². The summed E-state index contributed by atoms with van der Waals surface area (Å²) in [5.74, 6) is 1.68. The van der Waals surface area contributed by atoms with Gasteiger partial charge < -0.3 is 33.9 Å². The van der Waals surface area contributed by atoms with E-state index in [2.05, 4.69) is 4.74 Å². The Kier molecular flexibility index (Phi) is 7.01. The van der Waals surface area contributed by atoms with Crippen LogP contribution in [0, 0.1) is 0 Å². The van der Waals surface area contributed by atoms with Crippen molar-refractivity contribution in [1.29, 1.82) is 0 Å². The Bertz CT molecular complexity index is 773. The predicted octanol–water partition coefficient (Wildman–Crippen LogP) is 3.10. The first-order valence-corrected chi connectivity index (χ1v) is 8.37. The summed E-state index contributed by atoms with van der Waals surface area (Å²) < 4.78 is 25.8. The van der Waals surface area contributed by atoms with E-state index in [9.17, 15) is 10.2 Å². The Morgan fingerprint density at radius 1 is 0.889 bits per heavy atom. The van der Waals surface area contributed by atoms with E-state index < -0.39 is 0 Å². The average Bonchev–Trinajstić information content (AvgIpc) is 2.68. The molecule has 1 unspecified atom stereocenters. The molecule has 0 radical (unpaired) electrons. The second-order valence-electron chi connectivity index (χ2n) is 5.97. The van der Waals surface area contributed by atoms with Gasteiger partial charge in [-0.3, -0.25) is 0 Å². The number of ether oxygens (including phenoxy) is 5. The topological polar surface area (TPSA) is 86.6 Å². The van der Waals surface area contributed by atoms with Crippen LogP contribution < -0.4 is 18.9 Å². The monoisotopic (exact) mass is 378 g/mol. The van der Waals surface area contributed by atoms with E-state index in [1.54, 1.807) is 26.4 Å². The number of aromatic hydroxyl groups is 2. The van der Waals surface area contributed by atoms with Crippen LogP contribution in [0.5, 0.6) is 34.5 Å². The third-order valence-electron chi connectivity index (χ3n) is 4.26. The molecule has 1 atom stereocenters. The zero-order valence-corrected chi connectivity index (χ0v) is 16.2. The van der Waals surface area contributed by atoms with Crippen molar-refractivity contribution in [3.63, 3.8) is 0 Å². The van der Waals surface area contributed by atoms with Crippen LogP contribution in [0.25, 0.3) is 0 Å². The molecule has 1 aliphatic heterocycles. The van der Waals surface area contributed by atoms with Crippen molar-refractivity contribution >= 4 is 0 Å². The van der Waals surface area contributed by atoms with Crippen LogP contribution in [-0.2, 0) is 11.2 Å². The summed E-state index contributed by atoms with van der Waals surface area (Å²) in [4.78, 5) is 0. The fraction of sp³-hybridized carbons (Fsp3) is 0.400. The highest BCUT2D eigenvalue weighted by molar-refractivity contribution is 5.59. The molecule has 2 aromatic carbocycles. The lowest BCUT2D eigenvalue weighted by Crippen LogP contribution is -2.20. The number of methoxy groups -OCH3 is 4. The van der Waals surface area contributed by atoms with Gasteiger partial charge in [0.05, 0.1) is 27.9 Å². The summed E-state index contributed by atoms with van der Waals surface area (Å²) in [5.41, 5.74) is 1.77. The summed E-state index contributed by atoms with van der Waals surface area (Å²) in [6.45, 7) is 0.384. The Morgan fingerprint density at radius 3 is 2.15 bits per heavy atom. The van der Waals surface area contributed by atoms with Gasteiger partial charge >= 0.3 is 0 Å². The number of phenols is 2. The van der Waals surface area contributed by atoms with Crippen LogP contribution in [0.4, 0.5) is 0 Å². The molecule has 0 saturated heterocycles. The number of phenolic OH excluding ortho intramolecular Hbond substituents is 2. The van der Waals surface area contributed by atoms with E-state index in [4.69, 9.17) is 18.9 Å². The van der Waals surface area contributed by atoms with E-state index in [1.165, 1.54) is 21.3 Å². The van der Waals surface area contributed by atoms with Gasteiger partial charge in [0.2, 0.25) is 11.5 Å². The van der Waals surface area contributed by atoms with Crippen LogP contribution >= 0.6 is 0 Å². The van der Waals surface area contributed by atoms with Gasteiger partial charge in [0.25, 0.3) is 0 Å². The smallest absolute Gasteiger partial charge is 0.203 e. The van der Waals surface area contributed by atoms with Gasteiger partial charge in [0.15, 0.2) is 23.0 Å². The van der Waals surface area contributed by atoms with Crippen molar-refractivity contribution in [3.05, 3.63) is 35.4 Å². The minimum Gasteiger partial charge on any atom is -0.504 e. The summed E-state index contributed by atoms with van der Waals surface area (Å²) in [7, 11) is 7.75. The minimum absolute atomic E-state index is 0.00138. The first kappa shape index (κ1) is 20.5. The molecular weight excluding hydrogens is 352 g/mol. The number of hydrogen-bond donors (Lipinski definition) is 2. The molecule has 2 N–H and O–H groups in total. The molecule has 7 nitrogen and oxygen atoms in total. The predicted molar refractivity (Wildman–Crippen MR) is 101 cm³/mol. The maximum Gasteiger partial charge on any atom is 0.203 e. The quantitative estimate of drug-likeness (QED) is 0.845. The summed E-state index contributed by atoms with van der Waals surface area (Å²) in [6.07, 6.45) is 0.675. The van der Waals surface area contributed by atoms with Crippen molar-refractivity contribution in [2.45, 2.75) is 12.3 Å². The van der Waals surface area contributed by atoms with E-state index in [0.717, 1.165) is 11.1 Å². The standard InChI is InChI=1S/C18H20O6.C2H6O/c1-21-14-7-5-12(17(22-2)15(14)20)11-8-10-4-6-13(19)18(23-3)16(10)24-9-11;1-3-2/h4-7,11,19-20H,8-9H2,1-3H3;1-2H3. The first-order valence-electron chi connectivity index (χ1n) is 8.37. The molecule has 0 saturated carbocycles. The first-order chi connectivity index (χ1) is 13.0. The van der Waals surface area contributed by atoms with Crippen LogP contribution in [0.2, 0.25) is 0 Å². The van der Waals surface area contributed by atoms with Crippen molar-refractivity contribution in [3.8, 4) is 34.5 Å². The third-order valence-corrected chi connectivity index (χ3v) is 4.26. The molecule has 0 bridgehead atoms. The largest absolute Gasteiger partial charge is 0.504 e. The van der Waals surface area contributed by atoms with Gasteiger partial charge in [-0.05, 0) is 24.1 Å². The molecule has 0 amide bonds. The normalized spacial score (nSPS) is 14.9. The van der Waals surface area contributed by atoms with Gasteiger partial charge in [-0.2, -0.15) is 0 Å². The van der Waals surface area contributed by atoms with E-state index in [0.29, 0.717) is 36.0 Å². The summed E-state index contributed by atoms with van der Waals surface area (Å²) in [5, 5.41) is 20.1. The molecule has 0 spiro atoms. The third kappa shape index (κ3) is 4.14. The lowest BCUT2D eigenvalue weighted by atomic mass is 9.89. The number of rotatable bonds is 4. The molecular formula is C20H26O7. The Hall–Kier alpha value is -2.80. The van der Waals surface area contributed by atoms with E-state index in [1.807, 2.05) is 12.1 Å². The number of hydrogen-bond acceptors (Lipinski definition) is 7. The van der Waals surface area contributed by atoms with Gasteiger partial charge in [0, 0.05) is 25.7 Å². The highest BCUT2D eigenvalue weighted by Gasteiger charge is 2.29. The highest BCUT2D eigenvalue weighted by Crippen LogP contribution is 2.47. The van der Waals surface area contributed by atoms with Gasteiger partial charge in [-0.1, -0.05) is 12.1 Å². The van der Waals surface area contributed by atoms with Crippen LogP contribution in [0.3, 0.4) is 0 Å². The molecule has 0 fully saturated rings. The van der Waals surface area contributed by atoms with Crippen molar-refractivity contribution < 1.29 is 33.9 Å². The molecule has 0 aromatic heterocycles. The summed E-state index contributed by atoms with van der Waals surface area (Å²) in [6, 6.07) is 6.98. The molecule has 2 aromatic rings. The Morgan fingerprint density at radius 2 is 1.56 bits per heavy atom. The Balaban J connectivity index is 0.000000817. The van der Waals surface area contributed by atoms with E-state index in [-0.39, 0.29) is 17.4 Å². The van der Waals surface area contributed by atoms with Crippen LogP contribution in [-0.4, -0.2) is 52.4 Å². The number of fused-ring (bicyclic) bond motifs is 1. The number of benzene rings is 2. The van der Waals surface area contributed by atoms with Crippen molar-refractivity contribution in [2.24, 2.45) is 0 Å². The summed E-state index contributed by atoms with van der Waals surface area (Å²) >= 11 is 0. The fourth-order valence-corrected chi connectivity index (χ4v) is 3.09.